The zero-order chi connectivity index (χ0) is 15.5. The third-order valence-electron chi connectivity index (χ3n) is 3.36. The van der Waals surface area contributed by atoms with Gasteiger partial charge in [-0.2, -0.15) is 0 Å². The summed E-state index contributed by atoms with van der Waals surface area (Å²) < 4.78 is 11.3. The molecule has 114 valence electrons. The zero-order valence-corrected chi connectivity index (χ0v) is 12.8. The molecular weight excluding hydrogens is 280 g/mol. The van der Waals surface area contributed by atoms with Crippen molar-refractivity contribution in [2.75, 3.05) is 0 Å². The Labute approximate surface area is 128 Å². The molecule has 0 aliphatic heterocycles. The van der Waals surface area contributed by atoms with Gasteiger partial charge in [0.15, 0.2) is 5.76 Å². The van der Waals surface area contributed by atoms with Crippen LogP contribution in [-0.2, 0) is 0 Å². The van der Waals surface area contributed by atoms with Crippen molar-refractivity contribution in [2.24, 2.45) is 0 Å². The van der Waals surface area contributed by atoms with E-state index in [4.69, 9.17) is 8.83 Å². The minimum Gasteiger partial charge on any atom is -0.439 e. The molecule has 3 rings (SSSR count). The van der Waals surface area contributed by atoms with Gasteiger partial charge < -0.3 is 8.83 Å². The van der Waals surface area contributed by atoms with Gasteiger partial charge in [0.1, 0.15) is 0 Å². The molecule has 1 aromatic carbocycles. The maximum absolute atomic E-state index is 5.83. The summed E-state index contributed by atoms with van der Waals surface area (Å²) in [6.07, 6.45) is 1.74. The number of oxazole rings is 1. The van der Waals surface area contributed by atoms with Gasteiger partial charge in [-0.3, -0.25) is 5.32 Å². The summed E-state index contributed by atoms with van der Waals surface area (Å²) in [4.78, 5) is 4.35. The van der Waals surface area contributed by atoms with Crippen LogP contribution in [0.25, 0.3) is 11.3 Å². The molecule has 0 radical (unpaired) electrons. The molecule has 0 saturated heterocycles. The van der Waals surface area contributed by atoms with E-state index in [1.54, 1.807) is 13.1 Å². The molecule has 0 aliphatic carbocycles. The summed E-state index contributed by atoms with van der Waals surface area (Å²) in [7, 11) is 0. The Morgan fingerprint density at radius 2 is 1.68 bits per heavy atom. The molecule has 2 unspecified atom stereocenters. The van der Waals surface area contributed by atoms with Crippen molar-refractivity contribution in [3.05, 3.63) is 54.2 Å². The normalized spacial score (nSPS) is 14.0. The summed E-state index contributed by atoms with van der Waals surface area (Å²) in [5.74, 6) is 2.49. The molecule has 0 amide bonds. The van der Waals surface area contributed by atoms with E-state index in [-0.39, 0.29) is 12.1 Å². The second-order valence-corrected chi connectivity index (χ2v) is 5.20. The zero-order valence-electron chi connectivity index (χ0n) is 12.8. The molecule has 0 bridgehead atoms. The van der Waals surface area contributed by atoms with Crippen molar-refractivity contribution in [1.82, 2.24) is 20.5 Å². The molecule has 2 heterocycles. The molecule has 2 atom stereocenters. The van der Waals surface area contributed by atoms with Gasteiger partial charge in [-0.1, -0.05) is 30.3 Å². The molecule has 22 heavy (non-hydrogen) atoms. The van der Waals surface area contributed by atoms with E-state index in [0.29, 0.717) is 17.7 Å². The Morgan fingerprint density at radius 1 is 0.955 bits per heavy atom. The lowest BCUT2D eigenvalue weighted by Gasteiger charge is -2.14. The average Bonchev–Trinajstić information content (AvgIpc) is 3.17. The van der Waals surface area contributed by atoms with E-state index in [9.17, 15) is 0 Å². The summed E-state index contributed by atoms with van der Waals surface area (Å²) in [6.45, 7) is 5.72. The minimum atomic E-state index is -0.0803. The Hall–Kier alpha value is -2.47. The highest BCUT2D eigenvalue weighted by molar-refractivity contribution is 5.55. The predicted molar refractivity (Wildman–Crippen MR) is 80.9 cm³/mol. The Balaban J connectivity index is 1.70. The fourth-order valence-corrected chi connectivity index (χ4v) is 2.23. The van der Waals surface area contributed by atoms with Gasteiger partial charge in [-0.05, 0) is 13.8 Å². The number of nitrogens with one attached hydrogen (secondary N) is 1. The lowest BCUT2D eigenvalue weighted by Crippen LogP contribution is -2.23. The third-order valence-corrected chi connectivity index (χ3v) is 3.36. The molecule has 2 aromatic heterocycles. The number of rotatable bonds is 5. The molecule has 6 nitrogen and oxygen atoms in total. The van der Waals surface area contributed by atoms with Gasteiger partial charge in [0.05, 0.1) is 18.3 Å². The third kappa shape index (κ3) is 3.07. The quantitative estimate of drug-likeness (QED) is 0.777. The van der Waals surface area contributed by atoms with Gasteiger partial charge in [-0.25, -0.2) is 4.98 Å². The molecule has 6 heteroatoms. The average molecular weight is 298 g/mol. The first-order chi connectivity index (χ1) is 10.6. The van der Waals surface area contributed by atoms with E-state index in [2.05, 4.69) is 20.5 Å². The molecule has 0 saturated carbocycles. The molecule has 0 spiro atoms. The van der Waals surface area contributed by atoms with Crippen molar-refractivity contribution in [3.63, 3.8) is 0 Å². The second kappa shape index (κ2) is 6.11. The SMILES string of the molecule is Cc1nnc(C(C)NC(C)c2ncc(-c3ccccc3)o2)o1. The molecule has 1 N–H and O–H groups in total. The highest BCUT2D eigenvalue weighted by Crippen LogP contribution is 2.24. The number of aryl methyl sites for hydroxylation is 1. The predicted octanol–water partition coefficient (Wildman–Crippen LogP) is 3.44. The molecule has 0 fully saturated rings. The van der Waals surface area contributed by atoms with Gasteiger partial charge in [-0.15, -0.1) is 10.2 Å². The lowest BCUT2D eigenvalue weighted by molar-refractivity contribution is 0.348. The monoisotopic (exact) mass is 298 g/mol. The molecule has 0 aliphatic rings. The van der Waals surface area contributed by atoms with Crippen molar-refractivity contribution < 1.29 is 8.83 Å². The van der Waals surface area contributed by atoms with Crippen LogP contribution in [0.3, 0.4) is 0 Å². The summed E-state index contributed by atoms with van der Waals surface area (Å²) >= 11 is 0. The standard InChI is InChI=1S/C16H18N4O2/c1-10(18-11(2)16-20-19-12(3)21-16)15-17-9-14(22-15)13-7-5-4-6-8-13/h4-11,18H,1-3H3. The van der Waals surface area contributed by atoms with E-state index in [1.165, 1.54) is 0 Å². The van der Waals surface area contributed by atoms with E-state index >= 15 is 0 Å². The minimum absolute atomic E-state index is 0.0698. The maximum Gasteiger partial charge on any atom is 0.233 e. The van der Waals surface area contributed by atoms with Crippen LogP contribution in [0.1, 0.15) is 43.6 Å². The van der Waals surface area contributed by atoms with Crippen molar-refractivity contribution >= 4 is 0 Å². The van der Waals surface area contributed by atoms with Crippen LogP contribution >= 0.6 is 0 Å². The Morgan fingerprint density at radius 3 is 2.36 bits per heavy atom. The Kier molecular flexibility index (Phi) is 4.02. The first kappa shape index (κ1) is 14.5. The van der Waals surface area contributed by atoms with Gasteiger partial charge in [0.2, 0.25) is 17.7 Å². The summed E-state index contributed by atoms with van der Waals surface area (Å²) in [6, 6.07) is 9.75. The maximum atomic E-state index is 5.83. The smallest absolute Gasteiger partial charge is 0.233 e. The topological polar surface area (TPSA) is 77.0 Å². The Bertz CT molecular complexity index is 735. The fraction of sp³-hybridized carbons (Fsp3) is 0.312. The van der Waals surface area contributed by atoms with Gasteiger partial charge >= 0.3 is 0 Å². The van der Waals surface area contributed by atoms with Crippen LogP contribution in [0, 0.1) is 6.92 Å². The van der Waals surface area contributed by atoms with E-state index in [0.717, 1.165) is 11.3 Å². The number of aromatic nitrogens is 3. The summed E-state index contributed by atoms with van der Waals surface area (Å²) in [5.41, 5.74) is 1.01. The van der Waals surface area contributed by atoms with Crippen LogP contribution in [0.15, 0.2) is 45.4 Å². The van der Waals surface area contributed by atoms with Crippen molar-refractivity contribution in [2.45, 2.75) is 32.9 Å². The first-order valence-electron chi connectivity index (χ1n) is 7.20. The van der Waals surface area contributed by atoms with Crippen LogP contribution in [0.4, 0.5) is 0 Å². The molecular formula is C16H18N4O2. The molecule has 3 aromatic rings. The van der Waals surface area contributed by atoms with Crippen LogP contribution < -0.4 is 5.32 Å². The van der Waals surface area contributed by atoms with Gasteiger partial charge in [0, 0.05) is 12.5 Å². The number of hydrogen-bond acceptors (Lipinski definition) is 6. The van der Waals surface area contributed by atoms with Crippen molar-refractivity contribution in [3.8, 4) is 11.3 Å². The largest absolute Gasteiger partial charge is 0.439 e. The van der Waals surface area contributed by atoms with Crippen LogP contribution in [0.2, 0.25) is 0 Å². The second-order valence-electron chi connectivity index (χ2n) is 5.20. The van der Waals surface area contributed by atoms with Crippen LogP contribution in [-0.4, -0.2) is 15.2 Å². The van der Waals surface area contributed by atoms with E-state index < -0.39 is 0 Å². The summed E-state index contributed by atoms with van der Waals surface area (Å²) in [5, 5.41) is 11.2. The lowest BCUT2D eigenvalue weighted by atomic mass is 10.2. The first-order valence-corrected chi connectivity index (χ1v) is 7.20. The number of hydrogen-bond donors (Lipinski definition) is 1. The number of benzene rings is 1. The fourth-order valence-electron chi connectivity index (χ4n) is 2.23. The van der Waals surface area contributed by atoms with Crippen LogP contribution in [0.5, 0.6) is 0 Å². The number of nitrogens with zero attached hydrogens (tertiary/aromatic N) is 3. The van der Waals surface area contributed by atoms with Crippen molar-refractivity contribution in [1.29, 1.82) is 0 Å². The van der Waals surface area contributed by atoms with Gasteiger partial charge in [0.25, 0.3) is 0 Å². The van der Waals surface area contributed by atoms with E-state index in [1.807, 2.05) is 44.2 Å². The highest BCUT2D eigenvalue weighted by Gasteiger charge is 2.19. The highest BCUT2D eigenvalue weighted by atomic mass is 16.4.